The molecular weight excluding hydrogens is 2300 g/mol. The van der Waals surface area contributed by atoms with Crippen molar-refractivity contribution in [3.05, 3.63) is 352 Å². The van der Waals surface area contributed by atoms with Gasteiger partial charge in [0.2, 0.25) is 0 Å². The highest BCUT2D eigenvalue weighted by atomic mass is 127. The molecule has 0 radical (unpaired) electrons. The molecule has 0 bridgehead atoms. The molecule has 0 atom stereocenters. The summed E-state index contributed by atoms with van der Waals surface area (Å²) >= 11 is 5.51. The highest BCUT2D eigenvalue weighted by molar-refractivity contribution is 8.04. The first-order valence-corrected chi connectivity index (χ1v) is 45.7. The molecule has 0 unspecified atom stereocenters. The number of para-hydroxylation sites is 9. The highest BCUT2D eigenvalue weighted by Crippen LogP contribution is 2.49. The molecule has 3 aromatic heterocycles. The topological polar surface area (TPSA) is 60.5 Å². The standard InChI is InChI=1S/C38H42N4OS.C37H40N4S.C32H38N4OS.BrH.5HI/c1-39(23-14-24-42(3,4)28-29-15-13-18-32(25-29)43-5)37-26-30(27-38-40(2)35-21-11-12-22-36(35)44-38)33-19-9-10-20-34(33)41(37)31-16-7-6-8-17-31;1-38(24-15-25-41(3,4)28-29-16-7-5-8-17-29)36-26-30(27-37-39(2)34-22-13-14-23-35(34)42-37)32-20-11-12-21-33(32)40(36)31-18-9-6-10-19-31;1-33(19-12-20-36(3,4)21-22-37)31-23-25(24-32-34(2)29-17-10-11-18-30(29)38-32)27-15-8-9-16-28(27)35(31)26-13-6-5-7-14-26;;;;;;/h6-13,15-22,25-27H,14,23-24,28H2,1-5H3;5-14,16-23,26-27H,15,24-25,28H2,1-4H3;5-11,13-18,23-24,37H,12,19-22H2,1-4H3;6*1H/q3*+2;;;;;;/p-6. The zero-order valence-electron chi connectivity index (χ0n) is 76.6. The van der Waals surface area contributed by atoms with Gasteiger partial charge in [0.05, 0.1) is 149 Å². The van der Waals surface area contributed by atoms with E-state index in [2.05, 4.69) is 449 Å². The number of likely N-dealkylation sites (N-methyl/N-ethyl adjacent to an activating group) is 1. The number of anilines is 6. The maximum absolute atomic E-state index is 9.44. The molecule has 130 heavy (non-hydrogen) atoms. The van der Waals surface area contributed by atoms with E-state index in [0.29, 0.717) is 0 Å². The summed E-state index contributed by atoms with van der Waals surface area (Å²) in [5.74, 6) is 4.46. The molecule has 11 aromatic carbocycles. The van der Waals surface area contributed by atoms with Crippen molar-refractivity contribution in [1.29, 1.82) is 0 Å². The number of hydrogen-bond acceptors (Lipinski definition) is 11. The quantitative estimate of drug-likeness (QED) is 0.0448. The van der Waals surface area contributed by atoms with Gasteiger partial charge in [0, 0.05) is 101 Å². The van der Waals surface area contributed by atoms with Gasteiger partial charge in [-0.25, -0.2) is 0 Å². The maximum Gasteiger partial charge on any atom is 0.282 e. The number of thioether (sulfide) groups is 3. The summed E-state index contributed by atoms with van der Waals surface area (Å²) in [6, 6.07) is 111. The van der Waals surface area contributed by atoms with Crippen LogP contribution >= 0.6 is 35.3 Å². The van der Waals surface area contributed by atoms with Crippen molar-refractivity contribution in [2.45, 2.75) is 47.0 Å². The normalized spacial score (nSPS) is 13.4. The first-order valence-electron chi connectivity index (χ1n) is 43.2. The molecular formula is C107H120BrI5N12O2S3. The van der Waals surface area contributed by atoms with Crippen molar-refractivity contribution in [3.8, 4) is 22.8 Å². The summed E-state index contributed by atoms with van der Waals surface area (Å²) in [5.41, 5.74) is 17.2. The fourth-order valence-corrected chi connectivity index (χ4v) is 20.6. The van der Waals surface area contributed by atoms with Gasteiger partial charge in [0.1, 0.15) is 59.0 Å². The molecule has 3 aliphatic rings. The van der Waals surface area contributed by atoms with E-state index in [1.807, 2.05) is 41.4 Å². The van der Waals surface area contributed by atoms with Crippen LogP contribution in [-0.4, -0.2) is 163 Å². The van der Waals surface area contributed by atoms with Crippen molar-refractivity contribution in [3.63, 3.8) is 0 Å². The Kier molecular flexibility index (Phi) is 40.1. The van der Waals surface area contributed by atoms with E-state index in [9.17, 15) is 5.11 Å². The lowest BCUT2D eigenvalue weighted by Crippen LogP contribution is -3.00. The number of benzene rings is 11. The average Bonchev–Trinajstić information content (AvgIpc) is 0.860. The lowest BCUT2D eigenvalue weighted by atomic mass is 10.1. The third-order valence-electron chi connectivity index (χ3n) is 24.0. The van der Waals surface area contributed by atoms with Crippen LogP contribution in [0.5, 0.6) is 5.75 Å². The Labute approximate surface area is 880 Å². The van der Waals surface area contributed by atoms with E-state index in [4.69, 9.17) is 4.74 Å². The Morgan fingerprint density at radius 3 is 0.946 bits per heavy atom. The number of aromatic nitrogens is 3. The number of methoxy groups -OCH3 is 1. The molecule has 14 nitrogen and oxygen atoms in total. The number of fused-ring (bicyclic) bond motifs is 6. The molecule has 1 N–H and O–H groups in total. The van der Waals surface area contributed by atoms with Gasteiger partial charge in [0.15, 0.2) is 0 Å². The lowest BCUT2D eigenvalue weighted by Gasteiger charge is -2.30. The molecule has 0 aliphatic carbocycles. The number of ether oxygens (including phenoxy) is 1. The summed E-state index contributed by atoms with van der Waals surface area (Å²) in [4.78, 5) is 18.0. The van der Waals surface area contributed by atoms with Crippen molar-refractivity contribution >= 4 is 121 Å². The second kappa shape index (κ2) is 49.1. The van der Waals surface area contributed by atoms with Crippen molar-refractivity contribution in [1.82, 2.24) is 0 Å². The van der Waals surface area contributed by atoms with E-state index < -0.39 is 0 Å². The third-order valence-corrected chi connectivity index (χ3v) is 27.4. The number of hydrogen-bond donors (Lipinski definition) is 1. The Balaban J connectivity index is 0.000000215. The molecule has 0 fully saturated rings. The summed E-state index contributed by atoms with van der Waals surface area (Å²) in [5, 5.41) is 16.9. The second-order valence-electron chi connectivity index (χ2n) is 34.7. The van der Waals surface area contributed by atoms with E-state index >= 15 is 0 Å². The highest BCUT2D eigenvalue weighted by Gasteiger charge is 2.32. The van der Waals surface area contributed by atoms with Crippen LogP contribution in [0.4, 0.5) is 34.5 Å². The Morgan fingerprint density at radius 1 is 0.338 bits per heavy atom. The minimum atomic E-state index is 0. The van der Waals surface area contributed by atoms with Gasteiger partial charge < -0.3 is 175 Å². The molecule has 3 aliphatic heterocycles. The number of halogens is 6. The summed E-state index contributed by atoms with van der Waals surface area (Å²) in [6.07, 6.45) is 10.3. The first-order chi connectivity index (χ1) is 60.1. The van der Waals surface area contributed by atoms with Crippen LogP contribution in [-0.2, 0) is 13.1 Å². The Bertz CT molecular complexity index is 6180. The number of quaternary nitrogens is 3. The van der Waals surface area contributed by atoms with E-state index in [1.165, 1.54) is 130 Å². The smallest absolute Gasteiger partial charge is 0.282 e. The molecule has 23 heteroatoms. The van der Waals surface area contributed by atoms with Gasteiger partial charge in [-0.1, -0.05) is 223 Å². The number of nitrogens with zero attached hydrogens (tertiary/aromatic N) is 12. The fourth-order valence-electron chi connectivity index (χ4n) is 17.3. The van der Waals surface area contributed by atoms with Crippen LogP contribution in [0.2, 0.25) is 0 Å². The average molecular weight is 2420 g/mol. The number of aliphatic hydroxyl groups excluding tert-OH is 1. The van der Waals surface area contributed by atoms with Crippen LogP contribution < -0.4 is 185 Å². The first kappa shape index (κ1) is 106. The third kappa shape index (κ3) is 25.9. The van der Waals surface area contributed by atoms with E-state index in [0.717, 1.165) is 109 Å². The van der Waals surface area contributed by atoms with Crippen LogP contribution in [0, 0.1) is 0 Å². The maximum atomic E-state index is 9.44. The lowest BCUT2D eigenvalue weighted by molar-refractivity contribution is -0.903. The number of pyridine rings is 3. The molecule has 0 spiro atoms. The minimum Gasteiger partial charge on any atom is -1.00 e. The molecule has 17 rings (SSSR count). The van der Waals surface area contributed by atoms with E-state index in [-0.39, 0.29) is 143 Å². The summed E-state index contributed by atoms with van der Waals surface area (Å²) in [7, 11) is 28.6. The van der Waals surface area contributed by atoms with Crippen LogP contribution in [0.15, 0.2) is 339 Å². The Hall–Kier alpha value is -7.51. The van der Waals surface area contributed by atoms with Gasteiger partial charge in [-0.3, -0.25) is 14.7 Å². The zero-order chi connectivity index (χ0) is 86.5. The minimum absolute atomic E-state index is 0. The van der Waals surface area contributed by atoms with Crippen LogP contribution in [0.1, 0.15) is 47.1 Å². The van der Waals surface area contributed by atoms with Crippen molar-refractivity contribution in [2.24, 2.45) is 0 Å². The van der Waals surface area contributed by atoms with Crippen LogP contribution in [0.3, 0.4) is 0 Å². The summed E-state index contributed by atoms with van der Waals surface area (Å²) < 4.78 is 15.4. The van der Waals surface area contributed by atoms with Gasteiger partial charge >= 0.3 is 0 Å². The molecule has 680 valence electrons. The number of rotatable bonds is 28. The largest absolute Gasteiger partial charge is 1.00 e. The molecule has 0 saturated carbocycles. The fraction of sp³-hybridized carbons (Fsp3) is 0.243. The Morgan fingerprint density at radius 2 is 0.623 bits per heavy atom. The predicted molar refractivity (Wildman–Crippen MR) is 526 cm³/mol. The van der Waals surface area contributed by atoms with E-state index in [1.54, 1.807) is 7.11 Å². The predicted octanol–water partition coefficient (Wildman–Crippen LogP) is 3.10. The second-order valence-corrected chi connectivity index (χ2v) is 37.9. The monoisotopic (exact) mass is 2410 g/mol. The molecule has 6 heterocycles. The molecule has 0 saturated heterocycles. The van der Waals surface area contributed by atoms with Crippen LogP contribution in [0.25, 0.3) is 68.0 Å². The molecule has 0 amide bonds. The van der Waals surface area contributed by atoms with Crippen molar-refractivity contribution < 1.29 is 174 Å². The number of aliphatic hydroxyl groups is 1. The van der Waals surface area contributed by atoms with Gasteiger partial charge in [-0.15, -0.1) is 0 Å². The summed E-state index contributed by atoms with van der Waals surface area (Å²) in [6.45, 7) is 9.02. The van der Waals surface area contributed by atoms with Crippen molar-refractivity contribution in [2.75, 3.05) is 174 Å². The van der Waals surface area contributed by atoms with Gasteiger partial charge in [-0.05, 0) is 138 Å². The van der Waals surface area contributed by atoms with Gasteiger partial charge in [-0.2, -0.15) is 13.7 Å². The SMILES string of the molecule is CN(CCC[N+](C)(C)CCO)c1cc(C=C2Sc3ccccc3N2C)c2ccccc2[n+]1-c1ccccc1.CN(CCC[N+](C)(C)Cc1ccccc1)c1cc(C=C2Sc3ccccc3N2C)c2ccccc2[n+]1-c1ccccc1.COc1cccc(C[N+](C)(C)CCCN(C)c2cc(C=C3Sc4ccccc4N3C)c3ccccc3[n+]2-c2ccccc2)c1.[Br-].[I-].[I-].[I-].[I-].[I-]. The van der Waals surface area contributed by atoms with Gasteiger partial charge in [0.25, 0.3) is 17.5 Å². The molecule has 14 aromatic rings. The zero-order valence-corrected chi connectivity index (χ0v) is 91.4.